The van der Waals surface area contributed by atoms with Gasteiger partial charge in [0.2, 0.25) is 0 Å². The Labute approximate surface area is 139 Å². The summed E-state index contributed by atoms with van der Waals surface area (Å²) < 4.78 is 6.35. The molecule has 0 amide bonds. The molecule has 21 heavy (non-hydrogen) atoms. The molecule has 0 aliphatic heterocycles. The van der Waals surface area contributed by atoms with Crippen LogP contribution in [0.3, 0.4) is 0 Å². The molecule has 0 radical (unpaired) electrons. The summed E-state index contributed by atoms with van der Waals surface area (Å²) in [5.74, 6) is 0.974. The number of ether oxygens (including phenoxy) is 1. The van der Waals surface area contributed by atoms with Crippen LogP contribution < -0.4 is 4.74 Å². The first-order valence-corrected chi connectivity index (χ1v) is 7.76. The maximum Gasteiger partial charge on any atom is 0.176 e. The van der Waals surface area contributed by atoms with Crippen LogP contribution in [0, 0.1) is 3.57 Å². The standard InChI is InChI=1S/C17H18INO2/c1-19(11-13-4-3-5-16(10-13)21-2)12-17(20)14-6-8-15(18)9-7-14/h3-10H,11-12H2,1-2H3. The van der Waals surface area contributed by atoms with Gasteiger partial charge in [0.15, 0.2) is 5.78 Å². The molecule has 4 heteroatoms. The summed E-state index contributed by atoms with van der Waals surface area (Å²) in [5, 5.41) is 0. The number of nitrogens with zero attached hydrogens (tertiary/aromatic N) is 1. The van der Waals surface area contributed by atoms with Crippen LogP contribution in [-0.2, 0) is 6.54 Å². The van der Waals surface area contributed by atoms with Crippen LogP contribution in [0.1, 0.15) is 15.9 Å². The summed E-state index contributed by atoms with van der Waals surface area (Å²) in [7, 11) is 3.60. The van der Waals surface area contributed by atoms with Crippen LogP contribution in [0.4, 0.5) is 0 Å². The highest BCUT2D eigenvalue weighted by molar-refractivity contribution is 14.1. The molecule has 2 rings (SSSR count). The lowest BCUT2D eigenvalue weighted by atomic mass is 10.1. The van der Waals surface area contributed by atoms with Crippen molar-refractivity contribution in [1.29, 1.82) is 0 Å². The molecule has 0 aliphatic rings. The largest absolute Gasteiger partial charge is 0.497 e. The molecular formula is C17H18INO2. The Kier molecular flexibility index (Phi) is 5.76. The van der Waals surface area contributed by atoms with Gasteiger partial charge < -0.3 is 4.74 Å². The van der Waals surface area contributed by atoms with Crippen LogP contribution >= 0.6 is 22.6 Å². The Morgan fingerprint density at radius 3 is 2.57 bits per heavy atom. The third kappa shape index (κ3) is 4.82. The van der Waals surface area contributed by atoms with Crippen molar-refractivity contribution in [2.75, 3.05) is 20.7 Å². The predicted molar refractivity (Wildman–Crippen MR) is 92.8 cm³/mol. The Morgan fingerprint density at radius 1 is 1.19 bits per heavy atom. The fourth-order valence-electron chi connectivity index (χ4n) is 2.11. The number of benzene rings is 2. The maximum atomic E-state index is 12.2. The average Bonchev–Trinajstić information content (AvgIpc) is 2.47. The van der Waals surface area contributed by atoms with E-state index in [9.17, 15) is 4.79 Å². The van der Waals surface area contributed by atoms with Crippen molar-refractivity contribution in [3.63, 3.8) is 0 Å². The molecule has 0 saturated carbocycles. The van der Waals surface area contributed by atoms with Crippen molar-refractivity contribution in [1.82, 2.24) is 4.90 Å². The Balaban J connectivity index is 1.96. The van der Waals surface area contributed by atoms with E-state index >= 15 is 0 Å². The van der Waals surface area contributed by atoms with E-state index in [1.807, 2.05) is 60.5 Å². The third-order valence-electron chi connectivity index (χ3n) is 3.17. The normalized spacial score (nSPS) is 10.7. The molecule has 0 saturated heterocycles. The molecular weight excluding hydrogens is 377 g/mol. The van der Waals surface area contributed by atoms with Gasteiger partial charge in [0.25, 0.3) is 0 Å². The minimum atomic E-state index is 0.136. The van der Waals surface area contributed by atoms with Gasteiger partial charge in [0.1, 0.15) is 5.75 Å². The molecule has 2 aromatic rings. The number of hydrogen-bond donors (Lipinski definition) is 0. The van der Waals surface area contributed by atoms with Crippen LogP contribution in [0.15, 0.2) is 48.5 Å². The van der Waals surface area contributed by atoms with E-state index in [0.29, 0.717) is 13.1 Å². The second-order valence-electron chi connectivity index (χ2n) is 4.95. The van der Waals surface area contributed by atoms with Crippen molar-refractivity contribution < 1.29 is 9.53 Å². The lowest BCUT2D eigenvalue weighted by molar-refractivity contribution is 0.0943. The number of carbonyl (C=O) groups is 1. The molecule has 0 aliphatic carbocycles. The first-order valence-electron chi connectivity index (χ1n) is 6.68. The molecule has 0 N–H and O–H groups in total. The summed E-state index contributed by atoms with van der Waals surface area (Å²) in [5.41, 5.74) is 1.89. The summed E-state index contributed by atoms with van der Waals surface area (Å²) >= 11 is 2.23. The molecule has 0 unspecified atom stereocenters. The van der Waals surface area contributed by atoms with E-state index in [0.717, 1.165) is 20.4 Å². The number of methoxy groups -OCH3 is 1. The number of ketones is 1. The van der Waals surface area contributed by atoms with Crippen molar-refractivity contribution in [2.24, 2.45) is 0 Å². The van der Waals surface area contributed by atoms with Gasteiger partial charge in [-0.2, -0.15) is 0 Å². The zero-order valence-corrected chi connectivity index (χ0v) is 14.3. The highest BCUT2D eigenvalue weighted by Gasteiger charge is 2.10. The van der Waals surface area contributed by atoms with Gasteiger partial charge in [0, 0.05) is 15.7 Å². The van der Waals surface area contributed by atoms with Crippen molar-refractivity contribution >= 4 is 28.4 Å². The van der Waals surface area contributed by atoms with Crippen molar-refractivity contribution in [3.8, 4) is 5.75 Å². The fraction of sp³-hybridized carbons (Fsp3) is 0.235. The van der Waals surface area contributed by atoms with Crippen LogP contribution in [0.2, 0.25) is 0 Å². The zero-order chi connectivity index (χ0) is 15.2. The Morgan fingerprint density at radius 2 is 1.90 bits per heavy atom. The molecule has 0 heterocycles. The van der Waals surface area contributed by atoms with E-state index in [-0.39, 0.29) is 5.78 Å². The number of Topliss-reactive ketones (excluding diaryl/α,β-unsaturated/α-hetero) is 1. The molecule has 0 spiro atoms. The number of halogens is 1. The minimum absolute atomic E-state index is 0.136. The summed E-state index contributed by atoms with van der Waals surface area (Å²) in [4.78, 5) is 14.2. The van der Waals surface area contributed by atoms with E-state index in [2.05, 4.69) is 22.6 Å². The smallest absolute Gasteiger partial charge is 0.176 e. The SMILES string of the molecule is COc1cccc(CN(C)CC(=O)c2ccc(I)cc2)c1. The maximum absolute atomic E-state index is 12.2. The molecule has 2 aromatic carbocycles. The molecule has 0 fully saturated rings. The van der Waals surface area contributed by atoms with Gasteiger partial charge in [-0.05, 0) is 59.5 Å². The quantitative estimate of drug-likeness (QED) is 0.553. The van der Waals surface area contributed by atoms with Crippen molar-refractivity contribution in [2.45, 2.75) is 6.54 Å². The van der Waals surface area contributed by atoms with E-state index in [1.165, 1.54) is 0 Å². The first-order chi connectivity index (χ1) is 10.1. The van der Waals surface area contributed by atoms with Crippen molar-refractivity contribution in [3.05, 3.63) is 63.2 Å². The van der Waals surface area contributed by atoms with Crippen LogP contribution in [-0.4, -0.2) is 31.4 Å². The van der Waals surface area contributed by atoms with Gasteiger partial charge in [-0.1, -0.05) is 24.3 Å². The van der Waals surface area contributed by atoms with Gasteiger partial charge in [0.05, 0.1) is 13.7 Å². The molecule has 0 atom stereocenters. The molecule has 0 aromatic heterocycles. The number of likely N-dealkylation sites (N-methyl/N-ethyl adjacent to an activating group) is 1. The Bertz CT molecular complexity index is 610. The summed E-state index contributed by atoms with van der Waals surface area (Å²) in [6.45, 7) is 1.12. The monoisotopic (exact) mass is 395 g/mol. The highest BCUT2D eigenvalue weighted by atomic mass is 127. The van der Waals surface area contributed by atoms with E-state index < -0.39 is 0 Å². The zero-order valence-electron chi connectivity index (χ0n) is 12.2. The molecule has 0 bridgehead atoms. The van der Waals surface area contributed by atoms with E-state index in [1.54, 1.807) is 7.11 Å². The predicted octanol–water partition coefficient (Wildman–Crippen LogP) is 3.61. The number of rotatable bonds is 6. The Hall–Kier alpha value is -1.40. The van der Waals surface area contributed by atoms with Gasteiger partial charge in [-0.15, -0.1) is 0 Å². The number of hydrogen-bond acceptors (Lipinski definition) is 3. The third-order valence-corrected chi connectivity index (χ3v) is 3.89. The fourth-order valence-corrected chi connectivity index (χ4v) is 2.47. The molecule has 110 valence electrons. The summed E-state index contributed by atoms with van der Waals surface area (Å²) in [6, 6.07) is 15.6. The number of carbonyl (C=O) groups excluding carboxylic acids is 1. The first kappa shape index (κ1) is 16.0. The average molecular weight is 395 g/mol. The van der Waals surface area contributed by atoms with Crippen LogP contribution in [0.25, 0.3) is 0 Å². The highest BCUT2D eigenvalue weighted by Crippen LogP contribution is 2.14. The minimum Gasteiger partial charge on any atom is -0.497 e. The van der Waals surface area contributed by atoms with E-state index in [4.69, 9.17) is 4.74 Å². The second-order valence-corrected chi connectivity index (χ2v) is 6.20. The van der Waals surface area contributed by atoms with Gasteiger partial charge in [-0.25, -0.2) is 0 Å². The van der Waals surface area contributed by atoms with Crippen LogP contribution in [0.5, 0.6) is 5.75 Å². The second kappa shape index (κ2) is 7.56. The lowest BCUT2D eigenvalue weighted by Crippen LogP contribution is -2.25. The molecule has 3 nitrogen and oxygen atoms in total. The van der Waals surface area contributed by atoms with Gasteiger partial charge in [-0.3, -0.25) is 9.69 Å². The lowest BCUT2D eigenvalue weighted by Gasteiger charge is -2.16. The van der Waals surface area contributed by atoms with Gasteiger partial charge >= 0.3 is 0 Å². The summed E-state index contributed by atoms with van der Waals surface area (Å²) in [6.07, 6.45) is 0. The topological polar surface area (TPSA) is 29.5 Å².